The summed E-state index contributed by atoms with van der Waals surface area (Å²) < 4.78 is 4.65. The third-order valence-electron chi connectivity index (χ3n) is 1.34. The lowest BCUT2D eigenvalue weighted by molar-refractivity contribution is -0.236. The summed E-state index contributed by atoms with van der Waals surface area (Å²) in [7, 11) is 0. The van der Waals surface area contributed by atoms with Crippen LogP contribution in [0.15, 0.2) is 0 Å². The van der Waals surface area contributed by atoms with E-state index < -0.39 is 12.6 Å². The van der Waals surface area contributed by atoms with Gasteiger partial charge in [-0.3, -0.25) is 0 Å². The smallest absolute Gasteiger partial charge is 0.172 e. The minimum absolute atomic E-state index is 0.0894. The van der Waals surface area contributed by atoms with E-state index in [1.54, 1.807) is 6.92 Å². The highest BCUT2D eigenvalue weighted by Gasteiger charge is 2.23. The Labute approximate surface area is 53.4 Å². The maximum Gasteiger partial charge on any atom is 0.172 e. The number of aliphatic hydroxyl groups excluding tert-OH is 2. The molecular weight excluding hydrogens is 122 g/mol. The Morgan fingerprint density at radius 2 is 2.22 bits per heavy atom. The van der Waals surface area contributed by atoms with E-state index in [4.69, 9.17) is 10.2 Å². The van der Waals surface area contributed by atoms with Crippen molar-refractivity contribution < 1.29 is 14.9 Å². The van der Waals surface area contributed by atoms with Crippen molar-refractivity contribution in [3.63, 3.8) is 0 Å². The highest BCUT2D eigenvalue weighted by molar-refractivity contribution is 4.69. The van der Waals surface area contributed by atoms with Gasteiger partial charge in [-0.05, 0) is 6.92 Å². The average Bonchev–Trinajstić information content (AvgIpc) is 1.80. The van der Waals surface area contributed by atoms with Crippen molar-refractivity contribution in [1.82, 2.24) is 5.32 Å². The lowest BCUT2D eigenvalue weighted by Crippen LogP contribution is -2.50. The molecule has 0 amide bonds. The van der Waals surface area contributed by atoms with Crippen LogP contribution in [-0.2, 0) is 4.74 Å². The van der Waals surface area contributed by atoms with Crippen molar-refractivity contribution in [2.45, 2.75) is 25.5 Å². The number of aliphatic hydroxyl groups is 2. The highest BCUT2D eigenvalue weighted by Crippen LogP contribution is 2.03. The maximum absolute atomic E-state index is 8.90. The van der Waals surface area contributed by atoms with Gasteiger partial charge in [0.2, 0.25) is 0 Å². The Morgan fingerprint density at radius 3 is 2.67 bits per heavy atom. The van der Waals surface area contributed by atoms with Crippen molar-refractivity contribution in [2.24, 2.45) is 0 Å². The van der Waals surface area contributed by atoms with E-state index in [1.807, 2.05) is 0 Å². The van der Waals surface area contributed by atoms with Crippen LogP contribution >= 0.6 is 0 Å². The quantitative estimate of drug-likeness (QED) is 0.381. The molecular formula is C5H11NO3. The molecule has 1 aliphatic rings. The van der Waals surface area contributed by atoms with Gasteiger partial charge in [-0.2, -0.15) is 0 Å². The zero-order valence-corrected chi connectivity index (χ0v) is 5.24. The molecule has 1 aliphatic heterocycles. The van der Waals surface area contributed by atoms with Crippen LogP contribution < -0.4 is 5.32 Å². The molecule has 0 aromatic heterocycles. The molecule has 0 saturated carbocycles. The Bertz CT molecular complexity index is 98.2. The second-order valence-corrected chi connectivity index (χ2v) is 2.18. The number of nitrogens with one attached hydrogen (secondary N) is 1. The van der Waals surface area contributed by atoms with Crippen molar-refractivity contribution in [1.29, 1.82) is 0 Å². The fraction of sp³-hybridized carbons (Fsp3) is 1.00. The first kappa shape index (κ1) is 6.95. The van der Waals surface area contributed by atoms with E-state index in [1.165, 1.54) is 0 Å². The van der Waals surface area contributed by atoms with E-state index >= 15 is 0 Å². The molecule has 2 unspecified atom stereocenters. The third-order valence-corrected chi connectivity index (χ3v) is 1.34. The summed E-state index contributed by atoms with van der Waals surface area (Å²) in [5.41, 5.74) is 0. The van der Waals surface area contributed by atoms with Gasteiger partial charge in [0, 0.05) is 6.54 Å². The summed E-state index contributed by atoms with van der Waals surface area (Å²) in [5.74, 6) is 0. The lowest BCUT2D eigenvalue weighted by atomic mass is 10.3. The normalized spacial score (nSPS) is 45.0. The van der Waals surface area contributed by atoms with Gasteiger partial charge in [-0.15, -0.1) is 0 Å². The molecule has 0 aromatic rings. The van der Waals surface area contributed by atoms with Gasteiger partial charge in [0.25, 0.3) is 0 Å². The van der Waals surface area contributed by atoms with Crippen LogP contribution in [0, 0.1) is 0 Å². The Hall–Kier alpha value is -0.160. The molecule has 0 bridgehead atoms. The number of rotatable bonds is 0. The van der Waals surface area contributed by atoms with Crippen LogP contribution in [0.3, 0.4) is 0 Å². The largest absolute Gasteiger partial charge is 0.367 e. The van der Waals surface area contributed by atoms with Gasteiger partial charge in [-0.1, -0.05) is 0 Å². The molecule has 1 heterocycles. The average molecular weight is 133 g/mol. The van der Waals surface area contributed by atoms with E-state index in [9.17, 15) is 0 Å². The Morgan fingerprint density at radius 1 is 1.56 bits per heavy atom. The van der Waals surface area contributed by atoms with Crippen LogP contribution in [0.1, 0.15) is 6.92 Å². The number of ether oxygens (including phenoxy) is 1. The SMILES string of the molecule is CC1NCC(O)O[C@@H]1O. The first-order valence-corrected chi connectivity index (χ1v) is 2.95. The van der Waals surface area contributed by atoms with Gasteiger partial charge < -0.3 is 20.3 Å². The van der Waals surface area contributed by atoms with E-state index in [0.717, 1.165) is 0 Å². The summed E-state index contributed by atoms with van der Waals surface area (Å²) in [6.07, 6.45) is -1.75. The molecule has 4 heteroatoms. The Kier molecular flexibility index (Phi) is 2.02. The summed E-state index contributed by atoms with van der Waals surface area (Å²) in [6.45, 7) is 2.18. The first-order valence-electron chi connectivity index (χ1n) is 2.95. The lowest BCUT2D eigenvalue weighted by Gasteiger charge is -2.29. The molecule has 9 heavy (non-hydrogen) atoms. The number of hydrogen-bond donors (Lipinski definition) is 3. The molecule has 4 nitrogen and oxygen atoms in total. The first-order chi connectivity index (χ1) is 4.20. The van der Waals surface area contributed by atoms with Crippen molar-refractivity contribution in [3.8, 4) is 0 Å². The van der Waals surface area contributed by atoms with Crippen LogP contribution in [-0.4, -0.2) is 35.4 Å². The molecule has 0 radical (unpaired) electrons. The highest BCUT2D eigenvalue weighted by atomic mass is 16.7. The molecule has 54 valence electrons. The van der Waals surface area contributed by atoms with E-state index in [2.05, 4.69) is 10.1 Å². The second kappa shape index (κ2) is 2.62. The number of hydrogen-bond acceptors (Lipinski definition) is 4. The fourth-order valence-corrected chi connectivity index (χ4v) is 0.714. The predicted octanol–water partition coefficient (Wildman–Crippen LogP) is -1.37. The third kappa shape index (κ3) is 1.62. The van der Waals surface area contributed by atoms with Crippen molar-refractivity contribution >= 4 is 0 Å². The van der Waals surface area contributed by atoms with Gasteiger partial charge in [0.1, 0.15) is 0 Å². The zero-order valence-electron chi connectivity index (χ0n) is 5.24. The molecule has 1 fully saturated rings. The molecule has 0 spiro atoms. The number of morpholine rings is 1. The maximum atomic E-state index is 8.90. The fourth-order valence-electron chi connectivity index (χ4n) is 0.714. The minimum Gasteiger partial charge on any atom is -0.367 e. The topological polar surface area (TPSA) is 61.7 Å². The van der Waals surface area contributed by atoms with Gasteiger partial charge >= 0.3 is 0 Å². The molecule has 0 aliphatic carbocycles. The van der Waals surface area contributed by atoms with E-state index in [-0.39, 0.29) is 6.04 Å². The van der Waals surface area contributed by atoms with Crippen LogP contribution in [0.5, 0.6) is 0 Å². The molecule has 1 rings (SSSR count). The molecule has 0 aromatic carbocycles. The second-order valence-electron chi connectivity index (χ2n) is 2.18. The summed E-state index contributed by atoms with van der Waals surface area (Å²) in [6, 6.07) is -0.0894. The van der Waals surface area contributed by atoms with Crippen LogP contribution in [0.4, 0.5) is 0 Å². The predicted molar refractivity (Wildman–Crippen MR) is 30.6 cm³/mol. The minimum atomic E-state index is -0.881. The monoisotopic (exact) mass is 133 g/mol. The van der Waals surface area contributed by atoms with Crippen LogP contribution in [0.25, 0.3) is 0 Å². The molecule has 3 N–H and O–H groups in total. The van der Waals surface area contributed by atoms with E-state index in [0.29, 0.717) is 6.54 Å². The van der Waals surface area contributed by atoms with Crippen molar-refractivity contribution in [2.75, 3.05) is 6.54 Å². The van der Waals surface area contributed by atoms with Gasteiger partial charge in [0.05, 0.1) is 6.04 Å². The molecule has 1 saturated heterocycles. The van der Waals surface area contributed by atoms with Crippen molar-refractivity contribution in [3.05, 3.63) is 0 Å². The molecule has 3 atom stereocenters. The van der Waals surface area contributed by atoms with Gasteiger partial charge in [0.15, 0.2) is 12.6 Å². The number of β-amino-alcohol motifs (C(OH)–C–C–N with tert-alkyl or cyclic N) is 1. The van der Waals surface area contributed by atoms with Crippen LogP contribution in [0.2, 0.25) is 0 Å². The zero-order chi connectivity index (χ0) is 6.85. The Balaban J connectivity index is 2.35. The standard InChI is InChI=1S/C5H11NO3/c1-3-5(8)9-4(7)2-6-3/h3-8H,2H2,1H3/t3?,4?,5-/m0/s1. The summed E-state index contributed by atoms with van der Waals surface area (Å²) in [5, 5.41) is 20.5. The summed E-state index contributed by atoms with van der Waals surface area (Å²) >= 11 is 0. The van der Waals surface area contributed by atoms with Gasteiger partial charge in [-0.25, -0.2) is 0 Å². The summed E-state index contributed by atoms with van der Waals surface area (Å²) in [4.78, 5) is 0.